The fraction of sp³-hybridized carbons (Fsp3) is 0.667. The number of hydrogen-bond acceptors (Lipinski definition) is 2. The van der Waals surface area contributed by atoms with Crippen molar-refractivity contribution in [1.82, 2.24) is 4.57 Å². The van der Waals surface area contributed by atoms with Crippen LogP contribution in [0.4, 0.5) is 0 Å². The Kier molecular flexibility index (Phi) is 5.43. The number of aliphatic hydroxyl groups is 1. The zero-order chi connectivity index (χ0) is 11.1. The van der Waals surface area contributed by atoms with Crippen LogP contribution in [0.25, 0.3) is 0 Å². The fourth-order valence-corrected chi connectivity index (χ4v) is 1.57. The predicted octanol–water partition coefficient (Wildman–Crippen LogP) is 2.36. The molecule has 0 radical (unpaired) electrons. The Balaban J connectivity index is 2.33. The molecule has 1 atom stereocenters. The highest BCUT2D eigenvalue weighted by Gasteiger charge is 2.05. The molecule has 1 rings (SSSR count). The summed E-state index contributed by atoms with van der Waals surface area (Å²) in [5.41, 5.74) is 1.02. The molecular formula is C12H21NO2. The first-order valence-electron chi connectivity index (χ1n) is 5.60. The highest BCUT2D eigenvalue weighted by molar-refractivity contribution is 5.13. The number of ether oxygens (including phenoxy) is 1. The molecule has 1 aromatic rings. The number of hydrogen-bond donors (Lipinski definition) is 1. The maximum Gasteiger partial charge on any atom is 0.0802 e. The van der Waals surface area contributed by atoms with Crippen molar-refractivity contribution in [3.8, 4) is 0 Å². The van der Waals surface area contributed by atoms with E-state index in [0.29, 0.717) is 0 Å². The van der Waals surface area contributed by atoms with E-state index in [1.807, 2.05) is 25.4 Å². The second kappa shape index (κ2) is 6.64. The van der Waals surface area contributed by atoms with Crippen molar-refractivity contribution in [2.24, 2.45) is 0 Å². The van der Waals surface area contributed by atoms with Crippen LogP contribution in [0.5, 0.6) is 0 Å². The molecule has 0 saturated carbocycles. The topological polar surface area (TPSA) is 34.4 Å². The Labute approximate surface area is 91.7 Å². The fourth-order valence-electron chi connectivity index (χ4n) is 1.57. The molecule has 0 spiro atoms. The first-order chi connectivity index (χ1) is 7.27. The average Bonchev–Trinajstić information content (AvgIpc) is 2.72. The quantitative estimate of drug-likeness (QED) is 0.702. The highest BCUT2D eigenvalue weighted by Crippen LogP contribution is 2.16. The second-order valence-corrected chi connectivity index (χ2v) is 3.81. The van der Waals surface area contributed by atoms with Gasteiger partial charge in [-0.3, -0.25) is 0 Å². The van der Waals surface area contributed by atoms with Crippen LogP contribution in [0.3, 0.4) is 0 Å². The molecule has 1 aromatic heterocycles. The van der Waals surface area contributed by atoms with E-state index in [1.165, 1.54) is 0 Å². The molecule has 1 N–H and O–H groups in total. The summed E-state index contributed by atoms with van der Waals surface area (Å²) >= 11 is 0. The lowest BCUT2D eigenvalue weighted by molar-refractivity contribution is 0.173. The number of aryl methyl sites for hydroxylation is 1. The number of unbranched alkanes of at least 4 members (excludes halogenated alkanes) is 1. The molecule has 0 saturated heterocycles. The Morgan fingerprint density at radius 3 is 2.93 bits per heavy atom. The van der Waals surface area contributed by atoms with Crippen LogP contribution in [-0.4, -0.2) is 23.4 Å². The van der Waals surface area contributed by atoms with Gasteiger partial charge in [-0.15, -0.1) is 0 Å². The van der Waals surface area contributed by atoms with Crippen molar-refractivity contribution >= 4 is 0 Å². The normalized spacial score (nSPS) is 13.0. The molecule has 3 nitrogen and oxygen atoms in total. The maximum absolute atomic E-state index is 9.62. The van der Waals surface area contributed by atoms with Crippen LogP contribution in [0.2, 0.25) is 0 Å². The Bertz CT molecular complexity index is 270. The van der Waals surface area contributed by atoms with Gasteiger partial charge in [-0.25, -0.2) is 0 Å². The Hall–Kier alpha value is -0.800. The minimum absolute atomic E-state index is 0.315. The predicted molar refractivity (Wildman–Crippen MR) is 60.8 cm³/mol. The number of aromatic nitrogens is 1. The van der Waals surface area contributed by atoms with Crippen LogP contribution in [-0.2, 0) is 11.3 Å². The van der Waals surface area contributed by atoms with E-state index in [9.17, 15) is 5.11 Å². The third-order valence-corrected chi connectivity index (χ3v) is 2.56. The van der Waals surface area contributed by atoms with E-state index < -0.39 is 0 Å². The van der Waals surface area contributed by atoms with Gasteiger partial charge in [-0.1, -0.05) is 6.92 Å². The van der Waals surface area contributed by atoms with Crippen molar-refractivity contribution in [2.45, 2.75) is 38.8 Å². The van der Waals surface area contributed by atoms with Gasteiger partial charge < -0.3 is 14.4 Å². The van der Waals surface area contributed by atoms with Crippen molar-refractivity contribution in [3.63, 3.8) is 0 Å². The summed E-state index contributed by atoms with van der Waals surface area (Å²) in [7, 11) is 1.73. The van der Waals surface area contributed by atoms with Gasteiger partial charge >= 0.3 is 0 Å². The second-order valence-electron chi connectivity index (χ2n) is 3.81. The SMILES string of the molecule is CCC(O)c1ccn(CCCCOC)c1. The zero-order valence-electron chi connectivity index (χ0n) is 9.65. The van der Waals surface area contributed by atoms with E-state index in [-0.39, 0.29) is 6.10 Å². The summed E-state index contributed by atoms with van der Waals surface area (Å²) in [5, 5.41) is 9.62. The van der Waals surface area contributed by atoms with E-state index >= 15 is 0 Å². The molecule has 15 heavy (non-hydrogen) atoms. The monoisotopic (exact) mass is 211 g/mol. The lowest BCUT2D eigenvalue weighted by atomic mass is 10.1. The van der Waals surface area contributed by atoms with Crippen LogP contribution in [0, 0.1) is 0 Å². The van der Waals surface area contributed by atoms with Gasteiger partial charge in [0.05, 0.1) is 6.10 Å². The molecule has 3 heteroatoms. The standard InChI is InChI=1S/C12H21NO2/c1-3-12(14)11-6-8-13(10-11)7-4-5-9-15-2/h6,8,10,12,14H,3-5,7,9H2,1-2H3. The summed E-state index contributed by atoms with van der Waals surface area (Å²) in [5.74, 6) is 0. The smallest absolute Gasteiger partial charge is 0.0802 e. The molecule has 0 bridgehead atoms. The molecule has 0 aromatic carbocycles. The molecule has 0 fully saturated rings. The van der Waals surface area contributed by atoms with Crippen LogP contribution < -0.4 is 0 Å². The van der Waals surface area contributed by atoms with Crippen molar-refractivity contribution in [2.75, 3.05) is 13.7 Å². The van der Waals surface area contributed by atoms with Gasteiger partial charge in [0.25, 0.3) is 0 Å². The minimum atomic E-state index is -0.315. The number of nitrogens with zero attached hydrogens (tertiary/aromatic N) is 1. The molecular weight excluding hydrogens is 190 g/mol. The van der Waals surface area contributed by atoms with Crippen LogP contribution in [0.15, 0.2) is 18.5 Å². The first-order valence-corrected chi connectivity index (χ1v) is 5.60. The zero-order valence-corrected chi connectivity index (χ0v) is 9.65. The van der Waals surface area contributed by atoms with Crippen molar-refractivity contribution in [1.29, 1.82) is 0 Å². The third-order valence-electron chi connectivity index (χ3n) is 2.56. The van der Waals surface area contributed by atoms with Gasteiger partial charge in [0.1, 0.15) is 0 Å². The van der Waals surface area contributed by atoms with Gasteiger partial charge in [-0.2, -0.15) is 0 Å². The number of rotatable bonds is 7. The van der Waals surface area contributed by atoms with Crippen LogP contribution >= 0.6 is 0 Å². The molecule has 1 unspecified atom stereocenters. The van der Waals surface area contributed by atoms with Gasteiger partial charge in [0, 0.05) is 32.7 Å². The van der Waals surface area contributed by atoms with Crippen LogP contribution in [0.1, 0.15) is 37.9 Å². The summed E-state index contributed by atoms with van der Waals surface area (Å²) in [6, 6.07) is 1.99. The van der Waals surface area contributed by atoms with Gasteiger partial charge in [-0.05, 0) is 30.9 Å². The lowest BCUT2D eigenvalue weighted by Crippen LogP contribution is -1.98. The molecule has 0 aliphatic heterocycles. The summed E-state index contributed by atoms with van der Waals surface area (Å²) in [4.78, 5) is 0. The van der Waals surface area contributed by atoms with Gasteiger partial charge in [0.15, 0.2) is 0 Å². The Morgan fingerprint density at radius 1 is 1.47 bits per heavy atom. The van der Waals surface area contributed by atoms with Gasteiger partial charge in [0.2, 0.25) is 0 Å². The van der Waals surface area contributed by atoms with E-state index in [4.69, 9.17) is 4.74 Å². The van der Waals surface area contributed by atoms with E-state index in [0.717, 1.165) is 38.0 Å². The van der Waals surface area contributed by atoms with Crippen molar-refractivity contribution < 1.29 is 9.84 Å². The maximum atomic E-state index is 9.62. The molecule has 86 valence electrons. The average molecular weight is 211 g/mol. The number of aliphatic hydroxyl groups excluding tert-OH is 1. The number of methoxy groups -OCH3 is 1. The molecule has 0 amide bonds. The molecule has 1 heterocycles. The summed E-state index contributed by atoms with van der Waals surface area (Å²) < 4.78 is 7.12. The third kappa shape index (κ3) is 4.06. The summed E-state index contributed by atoms with van der Waals surface area (Å²) in [6.07, 6.45) is 6.71. The lowest BCUT2D eigenvalue weighted by Gasteiger charge is -2.05. The highest BCUT2D eigenvalue weighted by atomic mass is 16.5. The molecule has 0 aliphatic rings. The van der Waals surface area contributed by atoms with E-state index in [1.54, 1.807) is 7.11 Å². The largest absolute Gasteiger partial charge is 0.388 e. The summed E-state index contributed by atoms with van der Waals surface area (Å²) in [6.45, 7) is 3.81. The Morgan fingerprint density at radius 2 is 2.27 bits per heavy atom. The molecule has 0 aliphatic carbocycles. The minimum Gasteiger partial charge on any atom is -0.388 e. The first kappa shape index (κ1) is 12.3. The van der Waals surface area contributed by atoms with E-state index in [2.05, 4.69) is 4.57 Å². The van der Waals surface area contributed by atoms with Crippen molar-refractivity contribution in [3.05, 3.63) is 24.0 Å².